The normalized spacial score (nSPS) is 13.8. The smallest absolute Gasteiger partial charge is 0.330 e. The molecular weight excluding hydrogens is 430 g/mol. The Balaban J connectivity index is 1.70. The maximum atomic E-state index is 11.7. The summed E-state index contributed by atoms with van der Waals surface area (Å²) in [5.41, 5.74) is 5.07. The minimum Gasteiger partial charge on any atom is -0.489 e. The minimum absolute atomic E-state index is 0.184. The average Bonchev–Trinajstić information content (AvgIpc) is 3.37. The highest BCUT2D eigenvalue weighted by atomic mass is 16.5. The highest BCUT2D eigenvalue weighted by Crippen LogP contribution is 2.32. The molecule has 0 amide bonds. The summed E-state index contributed by atoms with van der Waals surface area (Å²) in [6.07, 6.45) is 3.91. The monoisotopic (exact) mass is 462 g/mol. The number of benzene rings is 2. The van der Waals surface area contributed by atoms with E-state index in [1.165, 1.54) is 11.6 Å². The number of fused-ring (bicyclic) bond motifs is 1. The lowest BCUT2D eigenvalue weighted by molar-refractivity contribution is -0.701. The number of nitrogens with zero attached hydrogens (tertiary/aromatic N) is 3. The molecule has 0 fully saturated rings. The number of aromatic nitrogens is 3. The van der Waals surface area contributed by atoms with Gasteiger partial charge in [-0.3, -0.25) is 0 Å². The Morgan fingerprint density at radius 1 is 1.24 bits per heavy atom. The Labute approximate surface area is 200 Å². The van der Waals surface area contributed by atoms with Gasteiger partial charge in [0.25, 0.3) is 11.6 Å². The fourth-order valence-corrected chi connectivity index (χ4v) is 4.68. The van der Waals surface area contributed by atoms with Crippen molar-refractivity contribution in [3.8, 4) is 11.4 Å². The third-order valence-corrected chi connectivity index (χ3v) is 5.98. The molecule has 2 heterocycles. The molecule has 1 atom stereocenters. The molecular formula is C27H32N3O4+. The molecule has 4 rings (SSSR count). The average molecular weight is 463 g/mol. The zero-order valence-corrected chi connectivity index (χ0v) is 20.2. The minimum atomic E-state index is -0.940. The van der Waals surface area contributed by atoms with E-state index >= 15 is 0 Å². The molecule has 0 spiro atoms. The molecule has 0 radical (unpaired) electrons. The van der Waals surface area contributed by atoms with Gasteiger partial charge in [-0.1, -0.05) is 40.6 Å². The van der Waals surface area contributed by atoms with Crippen molar-refractivity contribution in [1.29, 1.82) is 0 Å². The van der Waals surface area contributed by atoms with Crippen LogP contribution in [0, 0.1) is 20.8 Å². The van der Waals surface area contributed by atoms with Gasteiger partial charge in [0.1, 0.15) is 18.0 Å². The van der Waals surface area contributed by atoms with E-state index in [2.05, 4.69) is 37.5 Å². The van der Waals surface area contributed by atoms with E-state index in [4.69, 9.17) is 14.6 Å². The summed E-state index contributed by atoms with van der Waals surface area (Å²) in [4.78, 5) is 11.5. The van der Waals surface area contributed by atoms with Crippen LogP contribution in [-0.4, -0.2) is 34.1 Å². The second kappa shape index (κ2) is 10.2. The van der Waals surface area contributed by atoms with Crippen LogP contribution in [0.3, 0.4) is 0 Å². The van der Waals surface area contributed by atoms with Gasteiger partial charge in [-0.2, -0.15) is 0 Å². The summed E-state index contributed by atoms with van der Waals surface area (Å²) >= 11 is 0. The summed E-state index contributed by atoms with van der Waals surface area (Å²) in [5.74, 6) is 1.85. The Bertz CT molecular complexity index is 1210. The highest BCUT2D eigenvalue weighted by Gasteiger charge is 2.37. The molecule has 0 saturated carbocycles. The van der Waals surface area contributed by atoms with Crippen LogP contribution in [-0.2, 0) is 22.5 Å². The molecule has 3 aromatic rings. The Hall–Kier alpha value is -3.45. The summed E-state index contributed by atoms with van der Waals surface area (Å²) in [6.45, 7) is 9.33. The Morgan fingerprint density at radius 2 is 1.97 bits per heavy atom. The van der Waals surface area contributed by atoms with E-state index in [0.29, 0.717) is 17.9 Å². The van der Waals surface area contributed by atoms with E-state index in [9.17, 15) is 9.90 Å². The number of aliphatic hydroxyl groups is 1. The van der Waals surface area contributed by atoms with Crippen molar-refractivity contribution >= 4 is 5.97 Å². The molecule has 7 heteroatoms. The van der Waals surface area contributed by atoms with E-state index in [0.717, 1.165) is 47.8 Å². The number of hydrogen-bond donors (Lipinski definition) is 1. The van der Waals surface area contributed by atoms with Crippen LogP contribution in [0.4, 0.5) is 0 Å². The number of para-hydroxylation sites is 1. The number of aryl methyl sites for hydroxylation is 4. The molecule has 2 aromatic carbocycles. The molecule has 0 aliphatic carbocycles. The number of carbonyl (C=O) groups is 1. The molecule has 1 aliphatic rings. The second-order valence-electron chi connectivity index (χ2n) is 8.59. The fourth-order valence-electron chi connectivity index (χ4n) is 4.68. The largest absolute Gasteiger partial charge is 0.489 e. The van der Waals surface area contributed by atoms with E-state index in [1.807, 2.05) is 28.9 Å². The fraction of sp³-hybridized carbons (Fsp3) is 0.370. The molecule has 1 N–H and O–H groups in total. The van der Waals surface area contributed by atoms with Crippen LogP contribution >= 0.6 is 0 Å². The van der Waals surface area contributed by atoms with Crippen LogP contribution < -0.4 is 9.30 Å². The Kier molecular flexibility index (Phi) is 7.12. The van der Waals surface area contributed by atoms with Gasteiger partial charge in [-0.25, -0.2) is 9.36 Å². The highest BCUT2D eigenvalue weighted by molar-refractivity contribution is 5.81. The van der Waals surface area contributed by atoms with Crippen molar-refractivity contribution in [3.05, 3.63) is 82.5 Å². The number of ether oxygens (including phenoxy) is 2. The summed E-state index contributed by atoms with van der Waals surface area (Å²) in [5, 5.41) is 16.6. The van der Waals surface area contributed by atoms with Crippen molar-refractivity contribution in [1.82, 2.24) is 9.78 Å². The first-order valence-corrected chi connectivity index (χ1v) is 11.7. The maximum absolute atomic E-state index is 11.7. The molecule has 1 aliphatic heterocycles. The standard InChI is InChI=1S/C27H32N3O4/c1-5-33-24(31)13-9-15-34-22-11-7-6-10-21(22)26(32)27-29-14-8-12-23(29)28-30(27)25-19(3)16-18(2)17-20(25)4/h6-7,9-11,13,16-17,26,32H,5,8,12,14-15H2,1-4H3/q+1/b13-9+. The van der Waals surface area contributed by atoms with E-state index in [1.54, 1.807) is 13.0 Å². The molecule has 0 saturated heterocycles. The zero-order valence-electron chi connectivity index (χ0n) is 20.2. The van der Waals surface area contributed by atoms with Gasteiger partial charge in [0.05, 0.1) is 13.2 Å². The third kappa shape index (κ3) is 4.75. The number of rotatable bonds is 8. The molecule has 178 valence electrons. The summed E-state index contributed by atoms with van der Waals surface area (Å²) in [7, 11) is 0. The van der Waals surface area contributed by atoms with E-state index < -0.39 is 12.1 Å². The number of esters is 1. The first-order valence-electron chi connectivity index (χ1n) is 11.7. The molecule has 34 heavy (non-hydrogen) atoms. The van der Waals surface area contributed by atoms with Crippen LogP contribution in [0.15, 0.2) is 48.6 Å². The van der Waals surface area contributed by atoms with Crippen molar-refractivity contribution < 1.29 is 23.9 Å². The lowest BCUT2D eigenvalue weighted by atomic mass is 10.0. The lowest BCUT2D eigenvalue weighted by Gasteiger charge is -2.16. The molecule has 7 nitrogen and oxygen atoms in total. The molecule has 0 bridgehead atoms. The van der Waals surface area contributed by atoms with Gasteiger partial charge >= 0.3 is 5.97 Å². The van der Waals surface area contributed by atoms with Crippen LogP contribution in [0.1, 0.15) is 53.4 Å². The number of hydrogen-bond acceptors (Lipinski definition) is 5. The number of carbonyl (C=O) groups excluding carboxylic acids is 1. The van der Waals surface area contributed by atoms with Gasteiger partial charge in [0, 0.05) is 23.2 Å². The number of aliphatic hydroxyl groups excluding tert-OH is 1. The van der Waals surface area contributed by atoms with Crippen LogP contribution in [0.25, 0.3) is 5.69 Å². The van der Waals surface area contributed by atoms with Gasteiger partial charge in [-0.15, -0.1) is 0 Å². The first-order chi connectivity index (χ1) is 16.4. The maximum Gasteiger partial charge on any atom is 0.330 e. The third-order valence-electron chi connectivity index (χ3n) is 5.98. The topological polar surface area (TPSA) is 77.5 Å². The molecule has 1 aromatic heterocycles. The van der Waals surface area contributed by atoms with Crippen LogP contribution in [0.2, 0.25) is 0 Å². The van der Waals surface area contributed by atoms with Gasteiger partial charge in [0.15, 0.2) is 6.10 Å². The van der Waals surface area contributed by atoms with Gasteiger partial charge in [0.2, 0.25) is 0 Å². The molecule has 1 unspecified atom stereocenters. The summed E-state index contributed by atoms with van der Waals surface area (Å²) in [6, 6.07) is 11.7. The van der Waals surface area contributed by atoms with Crippen molar-refractivity contribution in [2.75, 3.05) is 13.2 Å². The quantitative estimate of drug-likeness (QED) is 0.314. The SMILES string of the molecule is CCOC(=O)/C=C/COc1ccccc1C(O)c1n(-c2c(C)cc(C)cc2C)nc2[n+]1CCC2. The van der Waals surface area contributed by atoms with E-state index in [-0.39, 0.29) is 6.61 Å². The van der Waals surface area contributed by atoms with Gasteiger partial charge < -0.3 is 14.6 Å². The predicted molar refractivity (Wildman–Crippen MR) is 128 cm³/mol. The van der Waals surface area contributed by atoms with Crippen LogP contribution in [0.5, 0.6) is 5.75 Å². The zero-order chi connectivity index (χ0) is 24.2. The predicted octanol–water partition coefficient (Wildman–Crippen LogP) is 3.61. The van der Waals surface area contributed by atoms with Crippen molar-refractivity contribution in [2.24, 2.45) is 0 Å². The lowest BCUT2D eigenvalue weighted by Crippen LogP contribution is -2.38. The second-order valence-corrected chi connectivity index (χ2v) is 8.59. The Morgan fingerprint density at radius 3 is 2.71 bits per heavy atom. The van der Waals surface area contributed by atoms with Crippen molar-refractivity contribution in [2.45, 2.75) is 53.2 Å². The summed E-state index contributed by atoms with van der Waals surface area (Å²) < 4.78 is 14.8. The van der Waals surface area contributed by atoms with Gasteiger partial charge in [-0.05, 0) is 57.4 Å². The first kappa shape index (κ1) is 23.7. The van der Waals surface area contributed by atoms with Crippen molar-refractivity contribution in [3.63, 3.8) is 0 Å².